The minimum absolute atomic E-state index is 0.0812. The molecule has 3 aliphatic rings. The van der Waals surface area contributed by atoms with E-state index in [1.165, 1.54) is 26.2 Å². The lowest BCUT2D eigenvalue weighted by Gasteiger charge is -2.47. The van der Waals surface area contributed by atoms with Crippen molar-refractivity contribution in [3.63, 3.8) is 0 Å². The van der Waals surface area contributed by atoms with Gasteiger partial charge < -0.3 is 5.32 Å². The zero-order chi connectivity index (χ0) is 9.26. The molecular formula is C9H17N3O. The molecule has 3 aliphatic heterocycles. The largest absolute Gasteiger partial charge is 0.355 e. The van der Waals surface area contributed by atoms with E-state index < -0.39 is 0 Å². The topological polar surface area (TPSA) is 35.6 Å². The first-order valence-corrected chi connectivity index (χ1v) is 4.96. The van der Waals surface area contributed by atoms with Crippen LogP contribution in [0.3, 0.4) is 0 Å². The van der Waals surface area contributed by atoms with Crippen LogP contribution in [0.15, 0.2) is 0 Å². The standard InChI is InChI=1S/C9H17N3O/c1-8(13)10-6-9-7-11-2-4-12(9)5-3-11/h9H,2-7H2,1H3,(H,10,13). The minimum Gasteiger partial charge on any atom is -0.355 e. The fourth-order valence-corrected chi connectivity index (χ4v) is 2.18. The summed E-state index contributed by atoms with van der Waals surface area (Å²) in [6.45, 7) is 8.27. The molecule has 0 saturated carbocycles. The van der Waals surface area contributed by atoms with Crippen LogP contribution in [0.5, 0.6) is 0 Å². The SMILES string of the molecule is CC(=O)NCC1CN2CCN1CC2. The van der Waals surface area contributed by atoms with Gasteiger partial charge in [0, 0.05) is 52.2 Å². The number of piperazine rings is 3. The van der Waals surface area contributed by atoms with Crippen molar-refractivity contribution in [3.8, 4) is 0 Å². The van der Waals surface area contributed by atoms with Crippen LogP contribution in [0.4, 0.5) is 0 Å². The van der Waals surface area contributed by atoms with E-state index in [0.717, 1.165) is 13.1 Å². The molecule has 3 rings (SSSR count). The van der Waals surface area contributed by atoms with Gasteiger partial charge in [-0.3, -0.25) is 14.6 Å². The van der Waals surface area contributed by atoms with Crippen molar-refractivity contribution in [1.82, 2.24) is 15.1 Å². The number of nitrogens with one attached hydrogen (secondary N) is 1. The van der Waals surface area contributed by atoms with E-state index in [2.05, 4.69) is 15.1 Å². The average Bonchev–Trinajstić information content (AvgIpc) is 2.17. The van der Waals surface area contributed by atoms with E-state index in [9.17, 15) is 4.79 Å². The molecule has 4 nitrogen and oxygen atoms in total. The summed E-state index contributed by atoms with van der Waals surface area (Å²) in [5.74, 6) is 0.0812. The van der Waals surface area contributed by atoms with E-state index in [-0.39, 0.29) is 5.91 Å². The monoisotopic (exact) mass is 183 g/mol. The maximum Gasteiger partial charge on any atom is 0.216 e. The molecule has 4 heteroatoms. The molecule has 0 spiro atoms. The molecule has 1 amide bonds. The van der Waals surface area contributed by atoms with E-state index >= 15 is 0 Å². The lowest BCUT2D eigenvalue weighted by molar-refractivity contribution is -0.119. The van der Waals surface area contributed by atoms with Crippen LogP contribution in [-0.4, -0.2) is 61.0 Å². The van der Waals surface area contributed by atoms with Crippen LogP contribution >= 0.6 is 0 Å². The predicted molar refractivity (Wildman–Crippen MR) is 50.5 cm³/mol. The Morgan fingerprint density at radius 1 is 1.38 bits per heavy atom. The van der Waals surface area contributed by atoms with Gasteiger partial charge >= 0.3 is 0 Å². The van der Waals surface area contributed by atoms with E-state index in [1.807, 2.05) is 0 Å². The summed E-state index contributed by atoms with van der Waals surface area (Å²) in [5, 5.41) is 2.89. The number of rotatable bonds is 2. The van der Waals surface area contributed by atoms with Crippen molar-refractivity contribution in [1.29, 1.82) is 0 Å². The average molecular weight is 183 g/mol. The molecule has 3 fully saturated rings. The molecule has 0 radical (unpaired) electrons. The van der Waals surface area contributed by atoms with Crippen LogP contribution in [-0.2, 0) is 4.79 Å². The normalized spacial score (nSPS) is 37.5. The first kappa shape index (κ1) is 8.97. The number of carbonyl (C=O) groups is 1. The van der Waals surface area contributed by atoms with Gasteiger partial charge in [0.15, 0.2) is 0 Å². The van der Waals surface area contributed by atoms with Crippen molar-refractivity contribution in [3.05, 3.63) is 0 Å². The second-order valence-corrected chi connectivity index (χ2v) is 3.93. The predicted octanol–water partition coefficient (Wildman–Crippen LogP) is -0.878. The van der Waals surface area contributed by atoms with Gasteiger partial charge in [-0.15, -0.1) is 0 Å². The summed E-state index contributed by atoms with van der Waals surface area (Å²) in [7, 11) is 0. The first-order chi connectivity index (χ1) is 6.25. The molecule has 1 unspecified atom stereocenters. The third-order valence-electron chi connectivity index (χ3n) is 2.98. The highest BCUT2D eigenvalue weighted by Gasteiger charge is 2.31. The van der Waals surface area contributed by atoms with E-state index in [1.54, 1.807) is 6.92 Å². The van der Waals surface area contributed by atoms with Gasteiger partial charge in [0.2, 0.25) is 5.91 Å². The third-order valence-corrected chi connectivity index (χ3v) is 2.98. The van der Waals surface area contributed by atoms with Crippen LogP contribution < -0.4 is 5.32 Å². The smallest absolute Gasteiger partial charge is 0.216 e. The molecule has 2 bridgehead atoms. The van der Waals surface area contributed by atoms with Crippen molar-refractivity contribution in [2.24, 2.45) is 0 Å². The van der Waals surface area contributed by atoms with Crippen molar-refractivity contribution < 1.29 is 4.79 Å². The number of amides is 1. The Hall–Kier alpha value is -0.610. The lowest BCUT2D eigenvalue weighted by Crippen LogP contribution is -2.63. The number of hydrogen-bond donors (Lipinski definition) is 1. The van der Waals surface area contributed by atoms with Gasteiger partial charge in [0.05, 0.1) is 0 Å². The Bertz CT molecular complexity index is 199. The highest BCUT2D eigenvalue weighted by Crippen LogP contribution is 2.14. The molecule has 0 aromatic rings. The molecule has 0 aromatic carbocycles. The molecule has 0 aliphatic carbocycles. The Labute approximate surface area is 78.9 Å². The fourth-order valence-electron chi connectivity index (χ4n) is 2.18. The number of nitrogens with zero attached hydrogens (tertiary/aromatic N) is 2. The molecule has 0 aromatic heterocycles. The Balaban J connectivity index is 1.83. The number of fused-ring (bicyclic) bond motifs is 3. The summed E-state index contributed by atoms with van der Waals surface area (Å²) in [5.41, 5.74) is 0. The molecule has 1 N–H and O–H groups in total. The van der Waals surface area contributed by atoms with Crippen molar-refractivity contribution >= 4 is 5.91 Å². The van der Waals surface area contributed by atoms with E-state index in [0.29, 0.717) is 6.04 Å². The summed E-state index contributed by atoms with van der Waals surface area (Å²) >= 11 is 0. The second kappa shape index (κ2) is 3.64. The summed E-state index contributed by atoms with van der Waals surface area (Å²) in [6, 6.07) is 0.548. The molecule has 74 valence electrons. The summed E-state index contributed by atoms with van der Waals surface area (Å²) < 4.78 is 0. The zero-order valence-electron chi connectivity index (χ0n) is 8.12. The summed E-state index contributed by atoms with van der Waals surface area (Å²) in [6.07, 6.45) is 0. The Morgan fingerprint density at radius 2 is 2.08 bits per heavy atom. The van der Waals surface area contributed by atoms with Crippen LogP contribution in [0, 0.1) is 0 Å². The highest BCUT2D eigenvalue weighted by atomic mass is 16.1. The maximum absolute atomic E-state index is 10.7. The van der Waals surface area contributed by atoms with Crippen LogP contribution in [0.25, 0.3) is 0 Å². The van der Waals surface area contributed by atoms with Crippen molar-refractivity contribution in [2.45, 2.75) is 13.0 Å². The molecule has 3 heterocycles. The lowest BCUT2D eigenvalue weighted by atomic mass is 10.1. The third kappa shape index (κ3) is 2.00. The number of carbonyl (C=O) groups excluding carboxylic acids is 1. The molecule has 1 atom stereocenters. The van der Waals surface area contributed by atoms with Gasteiger partial charge in [-0.25, -0.2) is 0 Å². The van der Waals surface area contributed by atoms with Crippen molar-refractivity contribution in [2.75, 3.05) is 39.3 Å². The first-order valence-electron chi connectivity index (χ1n) is 4.96. The molecule has 13 heavy (non-hydrogen) atoms. The van der Waals surface area contributed by atoms with Gasteiger partial charge in [-0.05, 0) is 0 Å². The molecular weight excluding hydrogens is 166 g/mol. The van der Waals surface area contributed by atoms with Gasteiger partial charge in [-0.1, -0.05) is 0 Å². The highest BCUT2D eigenvalue weighted by molar-refractivity contribution is 5.72. The quantitative estimate of drug-likeness (QED) is 0.604. The van der Waals surface area contributed by atoms with Gasteiger partial charge in [-0.2, -0.15) is 0 Å². The Kier molecular flexibility index (Phi) is 2.51. The number of hydrogen-bond acceptors (Lipinski definition) is 3. The summed E-state index contributed by atoms with van der Waals surface area (Å²) in [4.78, 5) is 15.7. The zero-order valence-corrected chi connectivity index (χ0v) is 8.12. The van der Waals surface area contributed by atoms with Crippen LogP contribution in [0.2, 0.25) is 0 Å². The van der Waals surface area contributed by atoms with Gasteiger partial charge in [0.1, 0.15) is 0 Å². The van der Waals surface area contributed by atoms with E-state index in [4.69, 9.17) is 0 Å². The Morgan fingerprint density at radius 3 is 2.54 bits per heavy atom. The van der Waals surface area contributed by atoms with Crippen LogP contribution in [0.1, 0.15) is 6.92 Å². The fraction of sp³-hybridized carbons (Fsp3) is 0.889. The van der Waals surface area contributed by atoms with Gasteiger partial charge in [0.25, 0.3) is 0 Å². The minimum atomic E-state index is 0.0812. The molecule has 3 saturated heterocycles. The second-order valence-electron chi connectivity index (χ2n) is 3.93. The maximum atomic E-state index is 10.7.